The number of ether oxygens (including phenoxy) is 1. The molecule has 1 aromatic heterocycles. The second kappa shape index (κ2) is 12.8. The number of benzene rings is 2. The van der Waals surface area contributed by atoms with Gasteiger partial charge in [0.15, 0.2) is 11.8 Å². The van der Waals surface area contributed by atoms with Gasteiger partial charge in [-0.2, -0.15) is 4.98 Å². The first kappa shape index (κ1) is 23.7. The quantitative estimate of drug-likeness (QED) is 0.193. The van der Waals surface area contributed by atoms with Crippen molar-refractivity contribution in [3.8, 4) is 17.2 Å². The summed E-state index contributed by atoms with van der Waals surface area (Å²) in [6.07, 6.45) is 1.65. The van der Waals surface area contributed by atoms with Crippen LogP contribution in [0.2, 0.25) is 0 Å². The molecule has 0 spiro atoms. The summed E-state index contributed by atoms with van der Waals surface area (Å²) in [4.78, 5) is 8.59. The molecule has 0 saturated carbocycles. The molecular weight excluding hydrogens is 493 g/mol. The van der Waals surface area contributed by atoms with Gasteiger partial charge in [0.25, 0.3) is 5.89 Å². The van der Waals surface area contributed by atoms with Gasteiger partial charge >= 0.3 is 0 Å². The van der Waals surface area contributed by atoms with Crippen molar-refractivity contribution >= 4 is 29.9 Å². The topological polar surface area (TPSA) is 84.6 Å². The number of aromatic nitrogens is 2. The molecule has 0 unspecified atom stereocenters. The highest BCUT2D eigenvalue weighted by atomic mass is 127. The van der Waals surface area contributed by atoms with Gasteiger partial charge in [-0.1, -0.05) is 42.4 Å². The predicted octanol–water partition coefficient (Wildman–Crippen LogP) is 3.70. The zero-order chi connectivity index (χ0) is 20.3. The maximum absolute atomic E-state index is 5.67. The SMILES string of the molecule is CCc1noc(-c2ccc(CCNC(=NC)NCCOc3ccccc3)cc2)n1.I. The maximum atomic E-state index is 5.67. The van der Waals surface area contributed by atoms with Crippen LogP contribution in [-0.4, -0.2) is 42.8 Å². The van der Waals surface area contributed by atoms with E-state index in [0.717, 1.165) is 42.5 Å². The first-order valence-electron chi connectivity index (χ1n) is 9.82. The molecule has 2 N–H and O–H groups in total. The largest absolute Gasteiger partial charge is 0.492 e. The highest BCUT2D eigenvalue weighted by molar-refractivity contribution is 14.0. The first-order valence-corrected chi connectivity index (χ1v) is 9.82. The van der Waals surface area contributed by atoms with Crippen LogP contribution in [0.1, 0.15) is 18.3 Å². The summed E-state index contributed by atoms with van der Waals surface area (Å²) < 4.78 is 10.9. The van der Waals surface area contributed by atoms with Gasteiger partial charge in [0, 0.05) is 25.6 Å². The van der Waals surface area contributed by atoms with Gasteiger partial charge in [-0.25, -0.2) is 0 Å². The van der Waals surface area contributed by atoms with Crippen molar-refractivity contribution in [1.82, 2.24) is 20.8 Å². The highest BCUT2D eigenvalue weighted by Gasteiger charge is 2.07. The van der Waals surface area contributed by atoms with Gasteiger partial charge in [-0.3, -0.25) is 4.99 Å². The Morgan fingerprint density at radius 2 is 1.77 bits per heavy atom. The van der Waals surface area contributed by atoms with E-state index in [-0.39, 0.29) is 24.0 Å². The van der Waals surface area contributed by atoms with Crippen LogP contribution in [0.4, 0.5) is 0 Å². The van der Waals surface area contributed by atoms with Gasteiger partial charge in [0.1, 0.15) is 12.4 Å². The van der Waals surface area contributed by atoms with E-state index < -0.39 is 0 Å². The van der Waals surface area contributed by atoms with Crippen LogP contribution in [0, 0.1) is 0 Å². The van der Waals surface area contributed by atoms with E-state index in [2.05, 4.69) is 37.9 Å². The Balaban J connectivity index is 0.00000320. The third kappa shape index (κ3) is 7.33. The Hall–Kier alpha value is -2.62. The summed E-state index contributed by atoms with van der Waals surface area (Å²) >= 11 is 0. The summed E-state index contributed by atoms with van der Waals surface area (Å²) in [6, 6.07) is 18.0. The highest BCUT2D eigenvalue weighted by Crippen LogP contribution is 2.18. The number of hydrogen-bond donors (Lipinski definition) is 2. The summed E-state index contributed by atoms with van der Waals surface area (Å²) in [5, 5.41) is 10.5. The zero-order valence-corrected chi connectivity index (χ0v) is 19.6. The molecule has 160 valence electrons. The lowest BCUT2D eigenvalue weighted by molar-refractivity contribution is 0.322. The molecule has 0 saturated heterocycles. The minimum atomic E-state index is 0. The number of halogens is 1. The maximum Gasteiger partial charge on any atom is 0.257 e. The average molecular weight is 521 g/mol. The molecule has 3 aromatic rings. The van der Waals surface area contributed by atoms with Crippen LogP contribution in [-0.2, 0) is 12.8 Å². The molecule has 0 aliphatic carbocycles. The molecule has 7 nitrogen and oxygen atoms in total. The number of guanidine groups is 1. The molecule has 0 atom stereocenters. The summed E-state index contributed by atoms with van der Waals surface area (Å²) in [5.74, 6) is 2.92. The van der Waals surface area contributed by atoms with E-state index in [4.69, 9.17) is 9.26 Å². The van der Waals surface area contributed by atoms with Crippen LogP contribution in [0.15, 0.2) is 64.1 Å². The summed E-state index contributed by atoms with van der Waals surface area (Å²) in [6.45, 7) is 4.03. The molecule has 0 amide bonds. The number of para-hydroxylation sites is 1. The lowest BCUT2D eigenvalue weighted by atomic mass is 10.1. The third-order valence-electron chi connectivity index (χ3n) is 4.32. The molecule has 8 heteroatoms. The molecule has 0 fully saturated rings. The van der Waals surface area contributed by atoms with E-state index in [1.807, 2.05) is 49.4 Å². The smallest absolute Gasteiger partial charge is 0.257 e. The van der Waals surface area contributed by atoms with Gasteiger partial charge < -0.3 is 19.9 Å². The minimum Gasteiger partial charge on any atom is -0.492 e. The van der Waals surface area contributed by atoms with Gasteiger partial charge in [-0.05, 0) is 36.2 Å². The molecule has 0 radical (unpaired) electrons. The zero-order valence-electron chi connectivity index (χ0n) is 17.3. The van der Waals surface area contributed by atoms with Crippen molar-refractivity contribution in [2.24, 2.45) is 4.99 Å². The number of rotatable bonds is 9. The normalized spacial score (nSPS) is 10.9. The van der Waals surface area contributed by atoms with Crippen LogP contribution in [0.3, 0.4) is 0 Å². The lowest BCUT2D eigenvalue weighted by Gasteiger charge is -2.12. The van der Waals surface area contributed by atoms with Crippen molar-refractivity contribution in [3.05, 3.63) is 66.0 Å². The second-order valence-corrected chi connectivity index (χ2v) is 6.40. The molecule has 0 aliphatic heterocycles. The Morgan fingerprint density at radius 3 is 2.43 bits per heavy atom. The molecule has 1 heterocycles. The van der Waals surface area contributed by atoms with Crippen molar-refractivity contribution in [2.75, 3.05) is 26.7 Å². The molecule has 2 aromatic carbocycles. The molecule has 0 aliphatic rings. The number of nitrogens with zero attached hydrogens (tertiary/aromatic N) is 3. The van der Waals surface area contributed by atoms with E-state index in [1.165, 1.54) is 5.56 Å². The molecular formula is C22H28IN5O2. The molecule has 3 rings (SSSR count). The monoisotopic (exact) mass is 521 g/mol. The Bertz CT molecular complexity index is 897. The lowest BCUT2D eigenvalue weighted by Crippen LogP contribution is -2.40. The fraction of sp³-hybridized carbons (Fsp3) is 0.318. The van der Waals surface area contributed by atoms with Crippen molar-refractivity contribution in [2.45, 2.75) is 19.8 Å². The number of aryl methyl sites for hydroxylation is 1. The van der Waals surface area contributed by atoms with E-state index >= 15 is 0 Å². The Kier molecular flexibility index (Phi) is 10.1. The van der Waals surface area contributed by atoms with E-state index in [0.29, 0.717) is 19.0 Å². The number of aliphatic imine (C=N–C) groups is 1. The average Bonchev–Trinajstić information content (AvgIpc) is 3.26. The summed E-state index contributed by atoms with van der Waals surface area (Å²) in [5.41, 5.74) is 2.16. The minimum absolute atomic E-state index is 0. The fourth-order valence-corrected chi connectivity index (χ4v) is 2.73. The van der Waals surface area contributed by atoms with Crippen molar-refractivity contribution in [3.63, 3.8) is 0 Å². The Labute approximate surface area is 194 Å². The first-order chi connectivity index (χ1) is 14.3. The second-order valence-electron chi connectivity index (χ2n) is 6.40. The number of nitrogens with one attached hydrogen (secondary N) is 2. The van der Waals surface area contributed by atoms with E-state index in [1.54, 1.807) is 7.05 Å². The van der Waals surface area contributed by atoms with Crippen LogP contribution < -0.4 is 15.4 Å². The standard InChI is InChI=1S/C22H27N5O2.HI/c1-3-20-26-21(29-27-20)18-11-9-17(10-12-18)13-14-24-22(23-2)25-15-16-28-19-7-5-4-6-8-19;/h4-12H,3,13-16H2,1-2H3,(H2,23,24,25);1H. The van der Waals surface area contributed by atoms with Crippen LogP contribution >= 0.6 is 24.0 Å². The summed E-state index contributed by atoms with van der Waals surface area (Å²) in [7, 11) is 1.76. The molecule has 0 bridgehead atoms. The van der Waals surface area contributed by atoms with Crippen LogP contribution in [0.25, 0.3) is 11.5 Å². The van der Waals surface area contributed by atoms with Crippen LogP contribution in [0.5, 0.6) is 5.75 Å². The van der Waals surface area contributed by atoms with Gasteiger partial charge in [-0.15, -0.1) is 24.0 Å². The fourth-order valence-electron chi connectivity index (χ4n) is 2.73. The molecule has 30 heavy (non-hydrogen) atoms. The van der Waals surface area contributed by atoms with Crippen molar-refractivity contribution < 1.29 is 9.26 Å². The van der Waals surface area contributed by atoms with E-state index in [9.17, 15) is 0 Å². The Morgan fingerprint density at radius 1 is 1.03 bits per heavy atom. The number of hydrogen-bond acceptors (Lipinski definition) is 5. The van der Waals surface area contributed by atoms with Gasteiger partial charge in [0.2, 0.25) is 0 Å². The predicted molar refractivity (Wildman–Crippen MR) is 130 cm³/mol. The van der Waals surface area contributed by atoms with Crippen molar-refractivity contribution in [1.29, 1.82) is 0 Å². The van der Waals surface area contributed by atoms with Gasteiger partial charge in [0.05, 0.1) is 6.54 Å². The third-order valence-corrected chi connectivity index (χ3v) is 4.32.